The Morgan fingerprint density at radius 1 is 1.35 bits per heavy atom. The van der Waals surface area contributed by atoms with Crippen molar-refractivity contribution in [1.82, 2.24) is 15.0 Å². The zero-order chi connectivity index (χ0) is 14.9. The van der Waals surface area contributed by atoms with Gasteiger partial charge >= 0.3 is 0 Å². The number of aromatic nitrogens is 3. The molecule has 1 aromatic carbocycles. The Hall–Kier alpha value is -1.17. The summed E-state index contributed by atoms with van der Waals surface area (Å²) in [7, 11) is 0. The van der Waals surface area contributed by atoms with Crippen LogP contribution in [0.15, 0.2) is 18.3 Å². The summed E-state index contributed by atoms with van der Waals surface area (Å²) in [5, 5.41) is 18.6. The third-order valence-corrected chi connectivity index (χ3v) is 3.69. The predicted octanol–water partition coefficient (Wildman–Crippen LogP) is 3.39. The number of aryl methyl sites for hydroxylation is 1. The molecule has 0 amide bonds. The smallest absolute Gasteiger partial charge is 0.142 e. The zero-order valence-corrected chi connectivity index (χ0v) is 12.6. The van der Waals surface area contributed by atoms with Crippen LogP contribution in [0.2, 0.25) is 10.0 Å². The van der Waals surface area contributed by atoms with Crippen molar-refractivity contribution in [2.75, 3.05) is 0 Å². The molecule has 0 spiro atoms. The average Bonchev–Trinajstić information content (AvgIpc) is 2.83. The van der Waals surface area contributed by atoms with Gasteiger partial charge in [0.1, 0.15) is 11.4 Å². The van der Waals surface area contributed by atoms with Gasteiger partial charge in [0.25, 0.3) is 0 Å². The van der Waals surface area contributed by atoms with Crippen molar-refractivity contribution in [3.05, 3.63) is 45.4 Å². The number of rotatable bonds is 4. The fourth-order valence-corrected chi connectivity index (χ4v) is 2.61. The molecule has 0 bridgehead atoms. The van der Waals surface area contributed by atoms with Gasteiger partial charge in [-0.1, -0.05) is 35.3 Å². The highest BCUT2D eigenvalue weighted by atomic mass is 35.5. The highest BCUT2D eigenvalue weighted by molar-refractivity contribution is 6.35. The Balaban J connectivity index is 2.54. The molecule has 0 fully saturated rings. The Bertz CT molecular complexity index is 628. The van der Waals surface area contributed by atoms with Crippen molar-refractivity contribution in [3.63, 3.8) is 0 Å². The molecule has 0 saturated carbocycles. The number of hydrogen-bond donors (Lipinski definition) is 1. The second kappa shape index (κ2) is 5.68. The molecular formula is C13H14Cl2FN3O. The van der Waals surface area contributed by atoms with E-state index in [1.165, 1.54) is 19.2 Å². The number of halogens is 3. The first kappa shape index (κ1) is 15.2. The van der Waals surface area contributed by atoms with Crippen LogP contribution in [0, 0.1) is 5.82 Å². The predicted molar refractivity (Wildman–Crippen MR) is 75.4 cm³/mol. The molecule has 7 heteroatoms. The van der Waals surface area contributed by atoms with Gasteiger partial charge in [0.2, 0.25) is 0 Å². The molecule has 108 valence electrons. The average molecular weight is 318 g/mol. The maximum absolute atomic E-state index is 13.6. The van der Waals surface area contributed by atoms with E-state index in [-0.39, 0.29) is 15.6 Å². The topological polar surface area (TPSA) is 50.9 Å². The van der Waals surface area contributed by atoms with Gasteiger partial charge in [-0.15, -0.1) is 5.10 Å². The first-order valence-corrected chi connectivity index (χ1v) is 6.89. The van der Waals surface area contributed by atoms with Crippen molar-refractivity contribution < 1.29 is 9.50 Å². The maximum atomic E-state index is 13.6. The molecule has 1 atom stereocenters. The molecule has 0 saturated heterocycles. The molecule has 4 nitrogen and oxygen atoms in total. The van der Waals surface area contributed by atoms with Crippen LogP contribution in [-0.4, -0.2) is 20.1 Å². The van der Waals surface area contributed by atoms with Crippen LogP contribution in [-0.2, 0) is 12.1 Å². The zero-order valence-electron chi connectivity index (χ0n) is 11.1. The molecule has 1 heterocycles. The summed E-state index contributed by atoms with van der Waals surface area (Å²) in [4.78, 5) is 0. The Morgan fingerprint density at radius 2 is 2.05 bits per heavy atom. The molecule has 1 aromatic heterocycles. The van der Waals surface area contributed by atoms with Crippen LogP contribution in [0.5, 0.6) is 0 Å². The number of nitrogens with zero attached hydrogens (tertiary/aromatic N) is 3. The molecule has 0 radical (unpaired) electrons. The van der Waals surface area contributed by atoms with E-state index in [1.807, 2.05) is 6.92 Å². The summed E-state index contributed by atoms with van der Waals surface area (Å²) >= 11 is 11.7. The van der Waals surface area contributed by atoms with Crippen molar-refractivity contribution >= 4 is 23.2 Å². The van der Waals surface area contributed by atoms with E-state index in [0.29, 0.717) is 12.2 Å². The van der Waals surface area contributed by atoms with Gasteiger partial charge in [-0.3, -0.25) is 0 Å². The van der Waals surface area contributed by atoms with Crippen LogP contribution < -0.4 is 0 Å². The van der Waals surface area contributed by atoms with E-state index in [1.54, 1.807) is 4.68 Å². The quantitative estimate of drug-likeness (QED) is 0.879. The van der Waals surface area contributed by atoms with E-state index < -0.39 is 11.4 Å². The third-order valence-electron chi connectivity index (χ3n) is 3.09. The number of aliphatic hydroxyl groups is 1. The molecule has 0 aliphatic heterocycles. The fraction of sp³-hybridized carbons (Fsp3) is 0.385. The first-order valence-electron chi connectivity index (χ1n) is 6.14. The fourth-order valence-electron chi connectivity index (χ4n) is 2.05. The molecule has 2 aromatic rings. The Morgan fingerprint density at radius 3 is 2.70 bits per heavy atom. The van der Waals surface area contributed by atoms with E-state index in [4.69, 9.17) is 23.2 Å². The molecule has 0 aliphatic carbocycles. The van der Waals surface area contributed by atoms with Crippen LogP contribution in [0.3, 0.4) is 0 Å². The number of hydrogen-bond acceptors (Lipinski definition) is 3. The normalized spacial score (nSPS) is 14.3. The van der Waals surface area contributed by atoms with E-state index >= 15 is 0 Å². The highest BCUT2D eigenvalue weighted by Gasteiger charge is 2.33. The van der Waals surface area contributed by atoms with Crippen LogP contribution in [0.25, 0.3) is 0 Å². The van der Waals surface area contributed by atoms with Crippen molar-refractivity contribution in [2.45, 2.75) is 32.4 Å². The molecule has 1 N–H and O–H groups in total. The maximum Gasteiger partial charge on any atom is 0.142 e. The minimum absolute atomic E-state index is 0.0882. The van der Waals surface area contributed by atoms with Crippen molar-refractivity contribution in [1.29, 1.82) is 0 Å². The molecule has 2 rings (SSSR count). The lowest BCUT2D eigenvalue weighted by molar-refractivity contribution is 0.0911. The monoisotopic (exact) mass is 317 g/mol. The Kier molecular flexibility index (Phi) is 4.32. The van der Waals surface area contributed by atoms with Gasteiger partial charge in [0.15, 0.2) is 0 Å². The minimum Gasteiger partial charge on any atom is -0.379 e. The van der Waals surface area contributed by atoms with Gasteiger partial charge in [0.05, 0.1) is 16.9 Å². The van der Waals surface area contributed by atoms with Gasteiger partial charge in [-0.2, -0.15) is 0 Å². The van der Waals surface area contributed by atoms with Crippen LogP contribution >= 0.6 is 23.2 Å². The summed E-state index contributed by atoms with van der Waals surface area (Å²) in [6, 6.07) is 2.41. The second-order valence-electron chi connectivity index (χ2n) is 4.66. The molecule has 1 unspecified atom stereocenters. The van der Waals surface area contributed by atoms with Gasteiger partial charge in [0, 0.05) is 17.1 Å². The lowest BCUT2D eigenvalue weighted by Gasteiger charge is -2.25. The van der Waals surface area contributed by atoms with Crippen LogP contribution in [0.1, 0.15) is 31.5 Å². The lowest BCUT2D eigenvalue weighted by Crippen LogP contribution is -2.27. The molecular weight excluding hydrogens is 304 g/mol. The molecule has 20 heavy (non-hydrogen) atoms. The third kappa shape index (κ3) is 2.66. The Labute approximate surface area is 126 Å². The summed E-state index contributed by atoms with van der Waals surface area (Å²) in [5.74, 6) is -0.638. The van der Waals surface area contributed by atoms with Gasteiger partial charge < -0.3 is 5.11 Å². The summed E-state index contributed by atoms with van der Waals surface area (Å²) in [6.45, 7) is 4.10. The van der Waals surface area contributed by atoms with E-state index in [9.17, 15) is 9.50 Å². The van der Waals surface area contributed by atoms with E-state index in [0.717, 1.165) is 12.5 Å². The van der Waals surface area contributed by atoms with Crippen molar-refractivity contribution in [3.8, 4) is 0 Å². The first-order chi connectivity index (χ1) is 9.37. The van der Waals surface area contributed by atoms with Crippen LogP contribution in [0.4, 0.5) is 4.39 Å². The summed E-state index contributed by atoms with van der Waals surface area (Å²) in [5.41, 5.74) is -0.843. The highest BCUT2D eigenvalue weighted by Crippen LogP contribution is 2.36. The largest absolute Gasteiger partial charge is 0.379 e. The van der Waals surface area contributed by atoms with E-state index in [2.05, 4.69) is 10.3 Å². The summed E-state index contributed by atoms with van der Waals surface area (Å²) in [6.07, 6.45) is 2.27. The molecule has 0 aliphatic rings. The van der Waals surface area contributed by atoms with Crippen molar-refractivity contribution in [2.24, 2.45) is 0 Å². The van der Waals surface area contributed by atoms with Gasteiger partial charge in [-0.25, -0.2) is 9.07 Å². The minimum atomic E-state index is -1.51. The standard InChI is InChI=1S/C13H14Cl2FN3O/c1-3-4-19-12(7-17-18-19)13(2,20)8-5-11(16)10(15)6-9(8)14/h5-7,20H,3-4H2,1-2H3. The lowest BCUT2D eigenvalue weighted by atomic mass is 9.92. The second-order valence-corrected chi connectivity index (χ2v) is 5.48. The number of benzene rings is 1. The van der Waals surface area contributed by atoms with Gasteiger partial charge in [-0.05, 0) is 25.5 Å². The SMILES string of the molecule is CCCn1nncc1C(C)(O)c1cc(F)c(Cl)cc1Cl. The summed E-state index contributed by atoms with van der Waals surface area (Å²) < 4.78 is 15.2.